The lowest BCUT2D eigenvalue weighted by atomic mass is 10.5. The Labute approximate surface area is 76.5 Å². The number of nitrogens with one attached hydrogen (secondary N) is 1. The van der Waals surface area contributed by atoms with E-state index in [0.29, 0.717) is 5.71 Å². The Kier molecular flexibility index (Phi) is 4.71. The van der Waals surface area contributed by atoms with E-state index in [9.17, 15) is 5.11 Å². The molecule has 0 aliphatic rings. The minimum Gasteiger partial charge on any atom is -0.391 e. The molecule has 0 saturated carbocycles. The second-order valence-corrected chi connectivity index (χ2v) is 8.90. The molecule has 1 atom stereocenters. The van der Waals surface area contributed by atoms with Gasteiger partial charge in [0.15, 0.2) is 0 Å². The Morgan fingerprint density at radius 2 is 1.58 bits per heavy atom. The van der Waals surface area contributed by atoms with Gasteiger partial charge in [0, 0.05) is 5.71 Å². The first-order valence-electron chi connectivity index (χ1n) is 4.77. The van der Waals surface area contributed by atoms with E-state index in [4.69, 9.17) is 5.41 Å². The molecule has 0 amide bonds. The van der Waals surface area contributed by atoms with Crippen LogP contribution in [0.5, 0.6) is 0 Å². The van der Waals surface area contributed by atoms with Gasteiger partial charge in [-0.1, -0.05) is 38.9 Å². The molecule has 2 nitrogen and oxygen atoms in total. The molecule has 1 unspecified atom stereocenters. The maximum absolute atomic E-state index is 9.87. The van der Waals surface area contributed by atoms with Gasteiger partial charge >= 0.3 is 0 Å². The van der Waals surface area contributed by atoms with E-state index in [-0.39, 0.29) is 0 Å². The van der Waals surface area contributed by atoms with E-state index in [1.807, 2.05) is 0 Å². The van der Waals surface area contributed by atoms with Crippen LogP contribution < -0.4 is 0 Å². The molecular weight excluding hydrogens is 166 g/mol. The summed E-state index contributed by atoms with van der Waals surface area (Å²) in [4.78, 5) is 0. The second-order valence-electron chi connectivity index (χ2n) is 3.51. The predicted molar refractivity (Wildman–Crippen MR) is 56.6 cm³/mol. The molecule has 72 valence electrons. The quantitative estimate of drug-likeness (QED) is 0.504. The van der Waals surface area contributed by atoms with E-state index >= 15 is 0 Å². The molecular formula is C9H21NOSi. The summed E-state index contributed by atoms with van der Waals surface area (Å²) in [5, 5.41) is 17.3. The number of aliphatic hydroxyl groups is 1. The average molecular weight is 187 g/mol. The van der Waals surface area contributed by atoms with Crippen molar-refractivity contribution in [3.63, 3.8) is 0 Å². The van der Waals surface area contributed by atoms with Gasteiger partial charge in [-0.25, -0.2) is 0 Å². The Morgan fingerprint density at radius 3 is 1.67 bits per heavy atom. The zero-order valence-corrected chi connectivity index (χ0v) is 9.65. The van der Waals surface area contributed by atoms with E-state index in [0.717, 1.165) is 18.1 Å². The topological polar surface area (TPSA) is 44.1 Å². The highest BCUT2D eigenvalue weighted by atomic mass is 28.3. The lowest BCUT2D eigenvalue weighted by molar-refractivity contribution is 0.302. The molecule has 0 aliphatic carbocycles. The fourth-order valence-corrected chi connectivity index (χ4v) is 5.37. The standard InChI is InChI=1S/C9H21NOSi/c1-5-12(6-2,7-3)9(11)8(4)10/h9-11H,5-7H2,1-4H3. The van der Waals surface area contributed by atoms with Crippen molar-refractivity contribution in [2.45, 2.75) is 51.6 Å². The first-order valence-corrected chi connectivity index (χ1v) is 7.47. The minimum atomic E-state index is -1.55. The lowest BCUT2D eigenvalue weighted by Crippen LogP contribution is -2.49. The van der Waals surface area contributed by atoms with E-state index in [2.05, 4.69) is 20.8 Å². The molecule has 0 aromatic heterocycles. The van der Waals surface area contributed by atoms with E-state index in [1.165, 1.54) is 0 Å². The third-order valence-electron chi connectivity index (χ3n) is 3.10. The number of rotatable bonds is 5. The second kappa shape index (κ2) is 4.77. The number of hydrogen-bond acceptors (Lipinski definition) is 2. The van der Waals surface area contributed by atoms with Crippen molar-refractivity contribution in [2.75, 3.05) is 0 Å². The SMILES string of the molecule is CC[Si](CC)(CC)C(O)C(C)=N. The number of hydrogen-bond donors (Lipinski definition) is 2. The Morgan fingerprint density at radius 1 is 1.25 bits per heavy atom. The highest BCUT2D eigenvalue weighted by molar-refractivity contribution is 6.83. The van der Waals surface area contributed by atoms with Crippen molar-refractivity contribution in [1.82, 2.24) is 0 Å². The summed E-state index contributed by atoms with van der Waals surface area (Å²) in [6, 6.07) is 3.24. The molecule has 0 aliphatic heterocycles. The van der Waals surface area contributed by atoms with Crippen molar-refractivity contribution in [1.29, 1.82) is 5.41 Å². The van der Waals surface area contributed by atoms with Gasteiger partial charge in [0.05, 0.1) is 13.8 Å². The third kappa shape index (κ3) is 2.17. The molecule has 12 heavy (non-hydrogen) atoms. The highest BCUT2D eigenvalue weighted by Crippen LogP contribution is 2.24. The van der Waals surface area contributed by atoms with Crippen LogP contribution in [-0.4, -0.2) is 24.6 Å². The molecule has 0 rings (SSSR count). The third-order valence-corrected chi connectivity index (χ3v) is 8.92. The highest BCUT2D eigenvalue weighted by Gasteiger charge is 2.36. The van der Waals surface area contributed by atoms with Crippen LogP contribution in [0.25, 0.3) is 0 Å². The zero-order chi connectivity index (χ0) is 9.78. The summed E-state index contributed by atoms with van der Waals surface area (Å²) in [5.41, 5.74) is 0.0321. The molecule has 2 N–H and O–H groups in total. The van der Waals surface area contributed by atoms with Crippen molar-refractivity contribution in [3.05, 3.63) is 0 Å². The molecule has 0 saturated heterocycles. The first kappa shape index (κ1) is 11.8. The summed E-state index contributed by atoms with van der Waals surface area (Å²) in [6.07, 6.45) is 0. The summed E-state index contributed by atoms with van der Waals surface area (Å²) < 4.78 is 0. The van der Waals surface area contributed by atoms with Crippen molar-refractivity contribution in [3.8, 4) is 0 Å². The van der Waals surface area contributed by atoms with Crippen molar-refractivity contribution < 1.29 is 5.11 Å². The fourth-order valence-electron chi connectivity index (χ4n) is 1.79. The molecule has 0 fully saturated rings. The maximum atomic E-state index is 9.87. The predicted octanol–water partition coefficient (Wildman–Crippen LogP) is 2.43. The van der Waals surface area contributed by atoms with Gasteiger partial charge in [0.25, 0.3) is 0 Å². The molecule has 0 aromatic carbocycles. The number of aliphatic hydroxyl groups excluding tert-OH is 1. The molecule has 0 radical (unpaired) electrons. The Bertz CT molecular complexity index is 146. The van der Waals surface area contributed by atoms with Gasteiger partial charge in [-0.05, 0) is 6.92 Å². The Hall–Kier alpha value is -0.153. The van der Waals surface area contributed by atoms with Crippen LogP contribution in [-0.2, 0) is 0 Å². The van der Waals surface area contributed by atoms with Crippen LogP contribution in [0.2, 0.25) is 18.1 Å². The van der Waals surface area contributed by atoms with Crippen LogP contribution in [0, 0.1) is 5.41 Å². The summed E-state index contributed by atoms with van der Waals surface area (Å²) in [5.74, 6) is 0. The summed E-state index contributed by atoms with van der Waals surface area (Å²) in [7, 11) is -1.55. The molecule has 0 aromatic rings. The minimum absolute atomic E-state index is 0.419. The van der Waals surface area contributed by atoms with Gasteiger partial charge in [-0.3, -0.25) is 0 Å². The molecule has 0 heterocycles. The van der Waals surface area contributed by atoms with Crippen molar-refractivity contribution in [2.24, 2.45) is 0 Å². The molecule has 0 spiro atoms. The van der Waals surface area contributed by atoms with Crippen molar-refractivity contribution >= 4 is 13.8 Å². The largest absolute Gasteiger partial charge is 0.391 e. The van der Waals surface area contributed by atoms with E-state index < -0.39 is 13.8 Å². The van der Waals surface area contributed by atoms with Gasteiger partial charge in [-0.2, -0.15) is 0 Å². The van der Waals surface area contributed by atoms with Gasteiger partial charge in [0.1, 0.15) is 0 Å². The van der Waals surface area contributed by atoms with Gasteiger partial charge in [0.2, 0.25) is 0 Å². The van der Waals surface area contributed by atoms with Crippen LogP contribution in [0.15, 0.2) is 0 Å². The van der Waals surface area contributed by atoms with Crippen LogP contribution in [0.1, 0.15) is 27.7 Å². The molecule has 3 heteroatoms. The van der Waals surface area contributed by atoms with Crippen LogP contribution in [0.3, 0.4) is 0 Å². The van der Waals surface area contributed by atoms with Gasteiger partial charge < -0.3 is 10.5 Å². The fraction of sp³-hybridized carbons (Fsp3) is 0.889. The maximum Gasteiger partial charge on any atom is 0.0937 e. The Balaban J connectivity index is 4.58. The monoisotopic (exact) mass is 187 g/mol. The van der Waals surface area contributed by atoms with Crippen LogP contribution >= 0.6 is 0 Å². The first-order chi connectivity index (χ1) is 5.54. The molecule has 0 bridgehead atoms. The van der Waals surface area contributed by atoms with Gasteiger partial charge in [-0.15, -0.1) is 0 Å². The lowest BCUT2D eigenvalue weighted by Gasteiger charge is -2.32. The normalized spacial score (nSPS) is 14.4. The average Bonchev–Trinajstić information content (AvgIpc) is 2.08. The summed E-state index contributed by atoms with van der Waals surface area (Å²) in [6.45, 7) is 8.15. The summed E-state index contributed by atoms with van der Waals surface area (Å²) >= 11 is 0. The van der Waals surface area contributed by atoms with Crippen LogP contribution in [0.4, 0.5) is 0 Å². The zero-order valence-electron chi connectivity index (χ0n) is 8.65. The smallest absolute Gasteiger partial charge is 0.0937 e. The van der Waals surface area contributed by atoms with E-state index in [1.54, 1.807) is 6.92 Å².